The number of hydrogen-bond acceptors (Lipinski definition) is 6. The fourth-order valence-corrected chi connectivity index (χ4v) is 3.00. The van der Waals surface area contributed by atoms with Crippen LogP contribution in [0.5, 0.6) is 0 Å². The van der Waals surface area contributed by atoms with E-state index in [4.69, 9.17) is 0 Å². The van der Waals surface area contributed by atoms with Gasteiger partial charge in [-0.2, -0.15) is 18.3 Å². The zero-order valence-corrected chi connectivity index (χ0v) is 14.2. The summed E-state index contributed by atoms with van der Waals surface area (Å²) >= 11 is 0. The molecule has 0 spiro atoms. The van der Waals surface area contributed by atoms with Crippen molar-refractivity contribution in [3.63, 3.8) is 0 Å². The van der Waals surface area contributed by atoms with Crippen molar-refractivity contribution in [3.05, 3.63) is 54.9 Å². The average Bonchev–Trinajstić information content (AvgIpc) is 3.23. The maximum atomic E-state index is 12.9. The minimum Gasteiger partial charge on any atom is -0.368 e. The number of halogens is 3. The Balaban J connectivity index is 1.46. The predicted molar refractivity (Wildman–Crippen MR) is 92.8 cm³/mol. The topological polar surface area (TPSA) is 63.0 Å². The van der Waals surface area contributed by atoms with E-state index in [0.29, 0.717) is 37.7 Å². The minimum atomic E-state index is -4.44. The van der Waals surface area contributed by atoms with Crippen LogP contribution in [-0.4, -0.2) is 50.9 Å². The van der Waals surface area contributed by atoms with Crippen molar-refractivity contribution in [2.75, 3.05) is 36.0 Å². The summed E-state index contributed by atoms with van der Waals surface area (Å²) in [5.74, 6) is 1.43. The first-order valence-corrected chi connectivity index (χ1v) is 8.36. The van der Waals surface area contributed by atoms with Gasteiger partial charge in [0.1, 0.15) is 17.8 Å². The summed E-state index contributed by atoms with van der Waals surface area (Å²) in [7, 11) is 0. The molecule has 27 heavy (non-hydrogen) atoms. The fourth-order valence-electron chi connectivity index (χ4n) is 3.00. The van der Waals surface area contributed by atoms with Crippen LogP contribution in [-0.2, 0) is 6.18 Å². The number of piperazine rings is 1. The lowest BCUT2D eigenvalue weighted by Crippen LogP contribution is -2.47. The van der Waals surface area contributed by atoms with Gasteiger partial charge in [-0.05, 0) is 18.2 Å². The van der Waals surface area contributed by atoms with Crippen LogP contribution in [0.15, 0.2) is 49.2 Å². The summed E-state index contributed by atoms with van der Waals surface area (Å²) in [6.45, 7) is 2.45. The van der Waals surface area contributed by atoms with Gasteiger partial charge in [-0.25, -0.2) is 14.6 Å². The van der Waals surface area contributed by atoms with Gasteiger partial charge in [0.15, 0.2) is 5.82 Å². The number of hydrogen-bond donors (Lipinski definition) is 0. The summed E-state index contributed by atoms with van der Waals surface area (Å²) in [6.07, 6.45) is 1.71. The highest BCUT2D eigenvalue weighted by molar-refractivity contribution is 5.50. The van der Waals surface area contributed by atoms with Gasteiger partial charge in [0, 0.05) is 56.5 Å². The Kier molecular flexibility index (Phi) is 4.38. The van der Waals surface area contributed by atoms with E-state index < -0.39 is 11.9 Å². The van der Waals surface area contributed by atoms with Crippen LogP contribution < -0.4 is 9.80 Å². The Morgan fingerprint density at radius 3 is 2.30 bits per heavy atom. The van der Waals surface area contributed by atoms with Crippen LogP contribution in [0.3, 0.4) is 0 Å². The Labute approximate surface area is 153 Å². The standard InChI is InChI=1S/C17H16F3N7/c18-17(19,20)14-10-13(2-4-21-14)25-6-8-26(9-7-25)15-11-16(23-12-22-15)27-5-1-3-24-27/h1-5,10-12H,6-9H2. The predicted octanol–water partition coefficient (Wildman–Crippen LogP) is 2.40. The number of aromatic nitrogens is 5. The molecule has 1 fully saturated rings. The monoisotopic (exact) mass is 375 g/mol. The molecule has 140 valence electrons. The molecular formula is C17H16F3N7. The van der Waals surface area contributed by atoms with E-state index in [1.165, 1.54) is 12.5 Å². The highest BCUT2D eigenvalue weighted by atomic mass is 19.4. The third-order valence-corrected chi connectivity index (χ3v) is 4.38. The highest BCUT2D eigenvalue weighted by Gasteiger charge is 2.33. The zero-order valence-electron chi connectivity index (χ0n) is 14.2. The lowest BCUT2D eigenvalue weighted by Gasteiger charge is -2.36. The van der Waals surface area contributed by atoms with Gasteiger partial charge in [-0.3, -0.25) is 4.98 Å². The van der Waals surface area contributed by atoms with E-state index in [-0.39, 0.29) is 0 Å². The van der Waals surface area contributed by atoms with Crippen molar-refractivity contribution in [2.45, 2.75) is 6.18 Å². The van der Waals surface area contributed by atoms with E-state index in [0.717, 1.165) is 11.9 Å². The van der Waals surface area contributed by atoms with Crippen molar-refractivity contribution >= 4 is 11.5 Å². The van der Waals surface area contributed by atoms with E-state index in [1.54, 1.807) is 23.1 Å². The van der Waals surface area contributed by atoms with Gasteiger partial charge >= 0.3 is 6.18 Å². The second kappa shape index (κ2) is 6.86. The van der Waals surface area contributed by atoms with Crippen LogP contribution in [0.25, 0.3) is 5.82 Å². The second-order valence-corrected chi connectivity index (χ2v) is 6.06. The normalized spacial score (nSPS) is 15.2. The van der Waals surface area contributed by atoms with Gasteiger partial charge in [-0.15, -0.1) is 0 Å². The molecule has 0 N–H and O–H groups in total. The quantitative estimate of drug-likeness (QED) is 0.701. The first-order valence-electron chi connectivity index (χ1n) is 8.36. The number of nitrogens with zero attached hydrogens (tertiary/aromatic N) is 7. The number of anilines is 2. The van der Waals surface area contributed by atoms with E-state index >= 15 is 0 Å². The number of rotatable bonds is 3. The van der Waals surface area contributed by atoms with Gasteiger partial charge < -0.3 is 9.80 Å². The summed E-state index contributed by atoms with van der Waals surface area (Å²) < 4.78 is 40.2. The molecule has 4 rings (SSSR count). The molecule has 0 unspecified atom stereocenters. The molecule has 10 heteroatoms. The molecule has 1 aliphatic rings. The molecule has 0 amide bonds. The maximum absolute atomic E-state index is 12.9. The summed E-state index contributed by atoms with van der Waals surface area (Å²) in [6, 6.07) is 6.35. The summed E-state index contributed by atoms with van der Waals surface area (Å²) in [5.41, 5.74) is -0.348. The molecule has 1 saturated heterocycles. The van der Waals surface area contributed by atoms with Gasteiger partial charge in [0.2, 0.25) is 0 Å². The first-order chi connectivity index (χ1) is 13.0. The van der Waals surface area contributed by atoms with Crippen LogP contribution in [0.4, 0.5) is 24.7 Å². The smallest absolute Gasteiger partial charge is 0.368 e. The van der Waals surface area contributed by atoms with Crippen LogP contribution in [0.1, 0.15) is 5.69 Å². The number of pyridine rings is 1. The third kappa shape index (κ3) is 3.69. The Morgan fingerprint density at radius 2 is 1.59 bits per heavy atom. The zero-order chi connectivity index (χ0) is 18.9. The molecule has 0 aliphatic carbocycles. The SMILES string of the molecule is FC(F)(F)c1cc(N2CCN(c3cc(-n4cccn4)ncn3)CC2)ccn1. The highest BCUT2D eigenvalue weighted by Crippen LogP contribution is 2.30. The summed E-state index contributed by atoms with van der Waals surface area (Å²) in [5, 5.41) is 4.15. The van der Waals surface area contributed by atoms with Crippen molar-refractivity contribution in [1.29, 1.82) is 0 Å². The second-order valence-electron chi connectivity index (χ2n) is 6.06. The first kappa shape index (κ1) is 17.3. The van der Waals surface area contributed by atoms with Crippen molar-refractivity contribution < 1.29 is 13.2 Å². The molecule has 7 nitrogen and oxygen atoms in total. The molecule has 0 saturated carbocycles. The minimum absolute atomic E-state index is 0.525. The lowest BCUT2D eigenvalue weighted by atomic mass is 10.2. The lowest BCUT2D eigenvalue weighted by molar-refractivity contribution is -0.141. The molecule has 0 aromatic carbocycles. The maximum Gasteiger partial charge on any atom is 0.433 e. The van der Waals surface area contributed by atoms with Gasteiger partial charge in [0.05, 0.1) is 0 Å². The Hall–Kier alpha value is -3.17. The molecule has 3 aromatic rings. The van der Waals surface area contributed by atoms with E-state index in [2.05, 4.69) is 25.0 Å². The molecule has 1 aliphatic heterocycles. The molecule has 0 bridgehead atoms. The van der Waals surface area contributed by atoms with E-state index in [9.17, 15) is 13.2 Å². The molecular weight excluding hydrogens is 359 g/mol. The third-order valence-electron chi connectivity index (χ3n) is 4.38. The Bertz CT molecular complexity index is 903. The molecule has 4 heterocycles. The molecule has 0 radical (unpaired) electrons. The van der Waals surface area contributed by atoms with E-state index in [1.807, 2.05) is 17.0 Å². The van der Waals surface area contributed by atoms with Crippen molar-refractivity contribution in [1.82, 2.24) is 24.7 Å². The average molecular weight is 375 g/mol. The Morgan fingerprint density at radius 1 is 0.852 bits per heavy atom. The molecule has 0 atom stereocenters. The van der Waals surface area contributed by atoms with Crippen LogP contribution in [0, 0.1) is 0 Å². The van der Waals surface area contributed by atoms with Gasteiger partial charge in [0.25, 0.3) is 0 Å². The van der Waals surface area contributed by atoms with Crippen molar-refractivity contribution in [2.24, 2.45) is 0 Å². The summed E-state index contributed by atoms with van der Waals surface area (Å²) in [4.78, 5) is 15.9. The van der Waals surface area contributed by atoms with Gasteiger partial charge in [-0.1, -0.05) is 0 Å². The molecule has 3 aromatic heterocycles. The number of alkyl halides is 3. The van der Waals surface area contributed by atoms with Crippen LogP contribution in [0.2, 0.25) is 0 Å². The fraction of sp³-hybridized carbons (Fsp3) is 0.294. The van der Waals surface area contributed by atoms with Crippen LogP contribution >= 0.6 is 0 Å². The van der Waals surface area contributed by atoms with Crippen molar-refractivity contribution in [3.8, 4) is 5.82 Å². The largest absolute Gasteiger partial charge is 0.433 e.